The molecule has 0 spiro atoms. The molecule has 2 rings (SSSR count). The maximum Gasteiger partial charge on any atom is 0.413 e. The number of carboxylic acid groups (broad SMARTS) is 1. The molecule has 0 atom stereocenters. The van der Waals surface area contributed by atoms with Crippen LogP contribution in [0.15, 0.2) is 47.5 Å². The lowest BCUT2D eigenvalue weighted by atomic mass is 10.2. The van der Waals surface area contributed by atoms with E-state index in [0.717, 1.165) is 16.5 Å². The van der Waals surface area contributed by atoms with Gasteiger partial charge in [-0.3, -0.25) is 4.90 Å². The Labute approximate surface area is 125 Å². The highest BCUT2D eigenvalue weighted by atomic mass is 35.7. The van der Waals surface area contributed by atoms with E-state index in [1.807, 2.05) is 6.07 Å². The Kier molecular flexibility index (Phi) is 4.39. The summed E-state index contributed by atoms with van der Waals surface area (Å²) in [5, 5.41) is 15.8. The summed E-state index contributed by atoms with van der Waals surface area (Å²) in [7, 11) is 1.13. The number of benzene rings is 1. The van der Waals surface area contributed by atoms with Crippen molar-refractivity contribution in [3.8, 4) is 0 Å². The molecule has 2 aromatic rings. The third-order valence-corrected chi connectivity index (χ3v) is 3.76. The Morgan fingerprint density at radius 2 is 1.81 bits per heavy atom. The van der Waals surface area contributed by atoms with Crippen molar-refractivity contribution in [2.24, 2.45) is 0 Å². The van der Waals surface area contributed by atoms with Gasteiger partial charge in [0.25, 0.3) is 9.05 Å². The van der Waals surface area contributed by atoms with E-state index in [1.165, 1.54) is 6.07 Å². The molecule has 7 nitrogen and oxygen atoms in total. The lowest BCUT2D eigenvalue weighted by molar-refractivity contribution is 0.201. The fraction of sp³-hybridized carbons (Fsp3) is 0.0833. The molecular weight excluding hydrogens is 318 g/mol. The maximum absolute atomic E-state index is 11.3. The smallest absolute Gasteiger partial charge is 0.413 e. The van der Waals surface area contributed by atoms with Gasteiger partial charge < -0.3 is 5.11 Å². The van der Waals surface area contributed by atoms with Crippen molar-refractivity contribution in [2.75, 3.05) is 4.90 Å². The Bertz CT molecular complexity index is 735. The van der Waals surface area contributed by atoms with Gasteiger partial charge in [-0.15, -0.1) is 10.2 Å². The van der Waals surface area contributed by atoms with Gasteiger partial charge in [-0.1, -0.05) is 30.3 Å². The number of carbonyl (C=O) groups is 1. The molecule has 1 aromatic heterocycles. The van der Waals surface area contributed by atoms with Crippen LogP contribution < -0.4 is 4.90 Å². The maximum atomic E-state index is 11.3. The van der Waals surface area contributed by atoms with E-state index in [1.54, 1.807) is 24.3 Å². The second-order valence-corrected chi connectivity index (χ2v) is 6.53. The van der Waals surface area contributed by atoms with Crippen LogP contribution in [0, 0.1) is 0 Å². The molecule has 0 saturated heterocycles. The molecule has 1 N–H and O–H groups in total. The predicted octanol–water partition coefficient (Wildman–Crippen LogP) is 2.09. The van der Waals surface area contributed by atoms with E-state index in [4.69, 9.17) is 10.7 Å². The second-order valence-electron chi connectivity index (χ2n) is 4.02. The first kappa shape index (κ1) is 15.2. The van der Waals surface area contributed by atoms with Crippen LogP contribution in [0.25, 0.3) is 0 Å². The summed E-state index contributed by atoms with van der Waals surface area (Å²) in [5.74, 6) is 0.00965. The minimum absolute atomic E-state index is 0.00965. The molecule has 21 heavy (non-hydrogen) atoms. The lowest BCUT2D eigenvalue weighted by Crippen LogP contribution is -2.29. The third-order valence-electron chi connectivity index (χ3n) is 2.57. The monoisotopic (exact) mass is 327 g/mol. The van der Waals surface area contributed by atoms with Gasteiger partial charge in [0.15, 0.2) is 10.8 Å². The van der Waals surface area contributed by atoms with Gasteiger partial charge in [0.05, 0.1) is 6.54 Å². The predicted molar refractivity (Wildman–Crippen MR) is 75.7 cm³/mol. The van der Waals surface area contributed by atoms with E-state index in [9.17, 15) is 18.3 Å². The number of rotatable bonds is 4. The normalized spacial score (nSPS) is 11.1. The zero-order chi connectivity index (χ0) is 15.5. The summed E-state index contributed by atoms with van der Waals surface area (Å²) in [4.78, 5) is 12.3. The van der Waals surface area contributed by atoms with Gasteiger partial charge in [-0.2, -0.15) is 0 Å². The first-order valence-electron chi connectivity index (χ1n) is 5.71. The SMILES string of the molecule is O=C(O)N(Cc1ccccc1)c1ccc(S(=O)(=O)Cl)nn1. The van der Waals surface area contributed by atoms with Gasteiger partial charge in [-0.05, 0) is 17.7 Å². The number of hydrogen-bond donors (Lipinski definition) is 1. The highest BCUT2D eigenvalue weighted by Crippen LogP contribution is 2.17. The van der Waals surface area contributed by atoms with Crippen LogP contribution in [-0.2, 0) is 15.6 Å². The van der Waals surface area contributed by atoms with Crippen molar-refractivity contribution in [1.29, 1.82) is 0 Å². The number of aromatic nitrogens is 2. The molecule has 0 aliphatic heterocycles. The standard InChI is InChI=1S/C12H10ClN3O4S/c13-21(19,20)11-7-6-10(14-15-11)16(12(17)18)8-9-4-2-1-3-5-9/h1-7H,8H2,(H,17,18). The largest absolute Gasteiger partial charge is 0.465 e. The molecule has 0 fully saturated rings. The molecule has 1 heterocycles. The van der Waals surface area contributed by atoms with Crippen LogP contribution in [-0.4, -0.2) is 29.8 Å². The molecule has 0 saturated carbocycles. The van der Waals surface area contributed by atoms with Crippen LogP contribution in [0.3, 0.4) is 0 Å². The Morgan fingerprint density at radius 1 is 1.14 bits per heavy atom. The molecule has 9 heteroatoms. The van der Waals surface area contributed by atoms with Crippen LogP contribution >= 0.6 is 10.7 Å². The average molecular weight is 328 g/mol. The fourth-order valence-electron chi connectivity index (χ4n) is 1.60. The van der Waals surface area contributed by atoms with Crippen molar-refractivity contribution < 1.29 is 18.3 Å². The Balaban J connectivity index is 2.29. The van der Waals surface area contributed by atoms with Crippen molar-refractivity contribution in [3.63, 3.8) is 0 Å². The minimum Gasteiger partial charge on any atom is -0.465 e. The summed E-state index contributed by atoms with van der Waals surface area (Å²) < 4.78 is 22.1. The summed E-state index contributed by atoms with van der Waals surface area (Å²) in [6.45, 7) is 0.0673. The topological polar surface area (TPSA) is 100 Å². The first-order valence-corrected chi connectivity index (χ1v) is 8.01. The van der Waals surface area contributed by atoms with Crippen molar-refractivity contribution in [1.82, 2.24) is 10.2 Å². The molecule has 1 aromatic carbocycles. The summed E-state index contributed by atoms with van der Waals surface area (Å²) >= 11 is 0. The lowest BCUT2D eigenvalue weighted by Gasteiger charge is -2.17. The molecule has 0 aliphatic rings. The number of nitrogens with zero attached hydrogens (tertiary/aromatic N) is 3. The zero-order valence-electron chi connectivity index (χ0n) is 10.5. The number of hydrogen-bond acceptors (Lipinski definition) is 5. The van der Waals surface area contributed by atoms with E-state index in [2.05, 4.69) is 10.2 Å². The molecule has 0 aliphatic carbocycles. The quantitative estimate of drug-likeness (QED) is 0.863. The molecule has 0 radical (unpaired) electrons. The highest BCUT2D eigenvalue weighted by Gasteiger charge is 2.19. The van der Waals surface area contributed by atoms with Gasteiger partial charge in [0.1, 0.15) is 0 Å². The van der Waals surface area contributed by atoms with Crippen LogP contribution in [0.1, 0.15) is 5.56 Å². The van der Waals surface area contributed by atoms with Crippen molar-refractivity contribution in [3.05, 3.63) is 48.0 Å². The van der Waals surface area contributed by atoms with Crippen LogP contribution in [0.2, 0.25) is 0 Å². The molecule has 0 unspecified atom stereocenters. The van der Waals surface area contributed by atoms with Gasteiger partial charge in [0.2, 0.25) is 0 Å². The van der Waals surface area contributed by atoms with Crippen LogP contribution in [0.5, 0.6) is 0 Å². The molecular formula is C12H10ClN3O4S. The Morgan fingerprint density at radius 3 is 2.29 bits per heavy atom. The fourth-order valence-corrected chi connectivity index (χ4v) is 2.22. The van der Waals surface area contributed by atoms with E-state index >= 15 is 0 Å². The summed E-state index contributed by atoms with van der Waals surface area (Å²) in [6, 6.07) is 11.2. The number of amides is 1. The average Bonchev–Trinajstić information content (AvgIpc) is 2.45. The van der Waals surface area contributed by atoms with Gasteiger partial charge >= 0.3 is 6.09 Å². The highest BCUT2D eigenvalue weighted by molar-refractivity contribution is 8.13. The first-order chi connectivity index (χ1) is 9.88. The minimum atomic E-state index is -3.99. The van der Waals surface area contributed by atoms with Crippen molar-refractivity contribution >= 4 is 31.6 Å². The zero-order valence-corrected chi connectivity index (χ0v) is 12.1. The summed E-state index contributed by atoms with van der Waals surface area (Å²) in [5.41, 5.74) is 0.760. The number of halogens is 1. The van der Waals surface area contributed by atoms with Crippen molar-refractivity contribution in [2.45, 2.75) is 11.6 Å². The molecule has 110 valence electrons. The second kappa shape index (κ2) is 6.06. The third kappa shape index (κ3) is 3.89. The van der Waals surface area contributed by atoms with Gasteiger partial charge in [-0.25, -0.2) is 13.2 Å². The van der Waals surface area contributed by atoms with E-state index in [0.29, 0.717) is 0 Å². The molecule has 0 bridgehead atoms. The van der Waals surface area contributed by atoms with E-state index in [-0.39, 0.29) is 12.4 Å². The van der Waals surface area contributed by atoms with Gasteiger partial charge in [0, 0.05) is 10.7 Å². The molecule has 1 amide bonds. The Hall–Kier alpha value is -2.19. The van der Waals surface area contributed by atoms with E-state index < -0.39 is 20.2 Å². The summed E-state index contributed by atoms with van der Waals surface area (Å²) in [6.07, 6.45) is -1.23. The number of anilines is 1. The van der Waals surface area contributed by atoms with Crippen LogP contribution in [0.4, 0.5) is 10.6 Å².